The second-order valence-corrected chi connectivity index (χ2v) is 3.42. The van der Waals surface area contributed by atoms with Crippen molar-refractivity contribution < 1.29 is 13.7 Å². The number of hydrogen-bond acceptors (Lipinski definition) is 5. The third-order valence-corrected chi connectivity index (χ3v) is 1.99. The summed E-state index contributed by atoms with van der Waals surface area (Å²) >= 11 is 0. The fourth-order valence-corrected chi connectivity index (χ4v) is 1.19. The molecule has 0 aliphatic rings. The summed E-state index contributed by atoms with van der Waals surface area (Å²) < 4.78 is 9.85. The zero-order chi connectivity index (χ0) is 12.8. The van der Waals surface area contributed by atoms with Crippen LogP contribution in [0.2, 0.25) is 0 Å². The van der Waals surface area contributed by atoms with Crippen LogP contribution in [0.5, 0.6) is 0 Å². The van der Waals surface area contributed by atoms with E-state index in [1.54, 1.807) is 37.5 Å². The third kappa shape index (κ3) is 3.18. The summed E-state index contributed by atoms with van der Waals surface area (Å²) in [4.78, 5) is 11.5. The molecule has 2 aromatic heterocycles. The van der Waals surface area contributed by atoms with Crippen molar-refractivity contribution in [1.82, 2.24) is 10.6 Å². The minimum absolute atomic E-state index is 0.194. The van der Waals surface area contributed by atoms with E-state index in [1.165, 1.54) is 12.3 Å². The van der Waals surface area contributed by atoms with Crippen LogP contribution in [0, 0.1) is 6.92 Å². The number of carbonyl (C=O) groups is 1. The Hall–Kier alpha value is -2.63. The summed E-state index contributed by atoms with van der Waals surface area (Å²) in [6.45, 7) is 1.71. The molecule has 0 bridgehead atoms. The number of hydrogen-bond donors (Lipinski definition) is 1. The summed E-state index contributed by atoms with van der Waals surface area (Å²) in [5.41, 5.74) is 2.51. The third-order valence-electron chi connectivity index (χ3n) is 1.99. The predicted octanol–water partition coefficient (Wildman–Crippen LogP) is 2.01. The van der Waals surface area contributed by atoms with Gasteiger partial charge in [-0.2, -0.15) is 5.10 Å². The number of amides is 1. The van der Waals surface area contributed by atoms with Crippen LogP contribution in [-0.2, 0) is 0 Å². The first-order valence-corrected chi connectivity index (χ1v) is 5.22. The van der Waals surface area contributed by atoms with E-state index in [9.17, 15) is 4.79 Å². The quantitative estimate of drug-likeness (QED) is 0.659. The van der Waals surface area contributed by atoms with E-state index in [-0.39, 0.29) is 5.69 Å². The second-order valence-electron chi connectivity index (χ2n) is 3.42. The van der Waals surface area contributed by atoms with Crippen molar-refractivity contribution in [2.45, 2.75) is 6.92 Å². The van der Waals surface area contributed by atoms with Crippen molar-refractivity contribution in [2.75, 3.05) is 0 Å². The Labute approximate surface area is 103 Å². The molecule has 0 radical (unpaired) electrons. The lowest BCUT2D eigenvalue weighted by atomic mass is 10.4. The maximum absolute atomic E-state index is 11.5. The minimum Gasteiger partial charge on any atom is -0.465 e. The number of nitrogens with zero attached hydrogens (tertiary/aromatic N) is 2. The Morgan fingerprint density at radius 2 is 2.44 bits per heavy atom. The van der Waals surface area contributed by atoms with Gasteiger partial charge in [-0.15, -0.1) is 0 Å². The molecular weight excluding hydrogens is 234 g/mol. The van der Waals surface area contributed by atoms with Crippen LogP contribution in [0.1, 0.15) is 22.0 Å². The summed E-state index contributed by atoms with van der Waals surface area (Å²) in [6, 6.07) is 5.12. The molecule has 2 heterocycles. The molecule has 0 unspecified atom stereocenters. The van der Waals surface area contributed by atoms with Crippen LogP contribution >= 0.6 is 0 Å². The molecule has 0 spiro atoms. The lowest BCUT2D eigenvalue weighted by Gasteiger charge is -1.91. The van der Waals surface area contributed by atoms with Crippen molar-refractivity contribution in [3.05, 3.63) is 47.8 Å². The van der Waals surface area contributed by atoms with Gasteiger partial charge in [-0.1, -0.05) is 5.16 Å². The topological polar surface area (TPSA) is 80.6 Å². The highest BCUT2D eigenvalue weighted by molar-refractivity contribution is 5.92. The Bertz CT molecular complexity index is 567. The van der Waals surface area contributed by atoms with E-state index in [2.05, 4.69) is 15.7 Å². The minimum atomic E-state index is -0.422. The molecule has 0 atom stereocenters. The molecule has 0 saturated carbocycles. The molecule has 0 aromatic carbocycles. The molecule has 2 aromatic rings. The lowest BCUT2D eigenvalue weighted by Crippen LogP contribution is -2.17. The number of rotatable bonds is 4. The maximum Gasteiger partial charge on any atom is 0.293 e. The number of furan rings is 1. The van der Waals surface area contributed by atoms with Crippen LogP contribution in [0.3, 0.4) is 0 Å². The van der Waals surface area contributed by atoms with Gasteiger partial charge in [0, 0.05) is 12.3 Å². The molecule has 0 aliphatic heterocycles. The fraction of sp³-hybridized carbons (Fsp3) is 0.0833. The Morgan fingerprint density at radius 3 is 3.11 bits per heavy atom. The Kier molecular flexibility index (Phi) is 3.70. The monoisotopic (exact) mass is 245 g/mol. The number of aromatic nitrogens is 1. The van der Waals surface area contributed by atoms with Crippen molar-refractivity contribution in [2.24, 2.45) is 5.10 Å². The zero-order valence-corrected chi connectivity index (χ0v) is 9.66. The molecule has 92 valence electrons. The normalized spacial score (nSPS) is 11.4. The number of allylic oxidation sites excluding steroid dienone is 1. The van der Waals surface area contributed by atoms with Crippen LogP contribution in [-0.4, -0.2) is 17.3 Å². The maximum atomic E-state index is 11.5. The van der Waals surface area contributed by atoms with E-state index in [0.717, 1.165) is 0 Å². The molecule has 0 fully saturated rings. The van der Waals surface area contributed by atoms with Gasteiger partial charge >= 0.3 is 0 Å². The molecule has 1 amide bonds. The largest absolute Gasteiger partial charge is 0.465 e. The van der Waals surface area contributed by atoms with Gasteiger partial charge in [-0.3, -0.25) is 4.79 Å². The summed E-state index contributed by atoms with van der Waals surface area (Å²) in [7, 11) is 0. The van der Waals surface area contributed by atoms with Crippen LogP contribution in [0.15, 0.2) is 44.6 Å². The first-order valence-electron chi connectivity index (χ1n) is 5.22. The van der Waals surface area contributed by atoms with E-state index in [1.807, 2.05) is 0 Å². The van der Waals surface area contributed by atoms with Crippen molar-refractivity contribution in [3.63, 3.8) is 0 Å². The van der Waals surface area contributed by atoms with Gasteiger partial charge < -0.3 is 8.94 Å². The SMILES string of the molecule is Cc1cc(C(=O)N/N=C/C=C/c2ccco2)no1. The van der Waals surface area contributed by atoms with Crippen molar-refractivity contribution in [3.8, 4) is 0 Å². The summed E-state index contributed by atoms with van der Waals surface area (Å²) in [6.07, 6.45) is 6.38. The number of carbonyl (C=O) groups excluding carboxylic acids is 1. The highest BCUT2D eigenvalue weighted by Crippen LogP contribution is 2.01. The van der Waals surface area contributed by atoms with Crippen molar-refractivity contribution in [1.29, 1.82) is 0 Å². The molecular formula is C12H11N3O3. The average molecular weight is 245 g/mol. The predicted molar refractivity (Wildman–Crippen MR) is 64.9 cm³/mol. The molecule has 0 aliphatic carbocycles. The van der Waals surface area contributed by atoms with Crippen LogP contribution < -0.4 is 5.43 Å². The highest BCUT2D eigenvalue weighted by Gasteiger charge is 2.08. The van der Waals surface area contributed by atoms with E-state index in [0.29, 0.717) is 11.5 Å². The first-order chi connectivity index (χ1) is 8.75. The second kappa shape index (κ2) is 5.62. The van der Waals surface area contributed by atoms with Gasteiger partial charge in [0.1, 0.15) is 11.5 Å². The molecule has 2 rings (SSSR count). The van der Waals surface area contributed by atoms with Gasteiger partial charge in [0.15, 0.2) is 5.69 Å². The zero-order valence-electron chi connectivity index (χ0n) is 9.66. The standard InChI is InChI=1S/C12H11N3O3/c1-9-8-11(15-18-9)12(16)14-13-6-2-4-10-5-3-7-17-10/h2-8H,1H3,(H,14,16)/b4-2+,13-6+. The van der Waals surface area contributed by atoms with Gasteiger partial charge in [0.2, 0.25) is 0 Å². The molecule has 0 saturated heterocycles. The fourth-order valence-electron chi connectivity index (χ4n) is 1.19. The molecule has 6 heteroatoms. The lowest BCUT2D eigenvalue weighted by molar-refractivity contribution is 0.0946. The van der Waals surface area contributed by atoms with Gasteiger partial charge in [0.25, 0.3) is 5.91 Å². The molecule has 18 heavy (non-hydrogen) atoms. The van der Waals surface area contributed by atoms with Crippen LogP contribution in [0.25, 0.3) is 6.08 Å². The smallest absolute Gasteiger partial charge is 0.293 e. The van der Waals surface area contributed by atoms with Gasteiger partial charge in [-0.05, 0) is 31.2 Å². The van der Waals surface area contributed by atoms with Gasteiger partial charge in [0.05, 0.1) is 6.26 Å². The van der Waals surface area contributed by atoms with Crippen molar-refractivity contribution >= 4 is 18.2 Å². The number of aryl methyl sites for hydroxylation is 1. The molecule has 1 N–H and O–H groups in total. The Morgan fingerprint density at radius 1 is 1.56 bits per heavy atom. The number of nitrogens with one attached hydrogen (secondary N) is 1. The Balaban J connectivity index is 1.83. The average Bonchev–Trinajstić information content (AvgIpc) is 2.99. The van der Waals surface area contributed by atoms with Crippen LogP contribution in [0.4, 0.5) is 0 Å². The highest BCUT2D eigenvalue weighted by atomic mass is 16.5. The number of hydrazone groups is 1. The summed E-state index contributed by atoms with van der Waals surface area (Å²) in [5.74, 6) is 0.858. The van der Waals surface area contributed by atoms with E-state index >= 15 is 0 Å². The van der Waals surface area contributed by atoms with Gasteiger partial charge in [-0.25, -0.2) is 5.43 Å². The summed E-state index contributed by atoms with van der Waals surface area (Å²) in [5, 5.41) is 7.28. The van der Waals surface area contributed by atoms with E-state index < -0.39 is 5.91 Å². The first kappa shape index (κ1) is 11.8. The molecule has 6 nitrogen and oxygen atoms in total. The van der Waals surface area contributed by atoms with E-state index in [4.69, 9.17) is 8.94 Å².